The summed E-state index contributed by atoms with van der Waals surface area (Å²) >= 11 is 0. The molecule has 0 spiro atoms. The minimum atomic E-state index is -1.14. The van der Waals surface area contributed by atoms with Crippen molar-refractivity contribution < 1.29 is 19.4 Å². The lowest BCUT2D eigenvalue weighted by molar-refractivity contribution is -0.140. The summed E-state index contributed by atoms with van der Waals surface area (Å²) in [5, 5.41) is 10.9. The molecule has 5 heteroatoms. The molecular weight excluding hydrogens is 210 g/mol. The molecule has 0 aliphatic carbocycles. The number of ether oxygens (including phenoxy) is 1. The number of para-hydroxylation sites is 1. The van der Waals surface area contributed by atoms with Crippen molar-refractivity contribution in [3.05, 3.63) is 29.8 Å². The van der Waals surface area contributed by atoms with Crippen molar-refractivity contribution in [3.8, 4) is 5.75 Å². The number of carboxylic acid groups (broad SMARTS) is 1. The zero-order valence-corrected chi connectivity index (χ0v) is 8.90. The van der Waals surface area contributed by atoms with E-state index in [1.165, 1.54) is 7.11 Å². The first-order valence-electron chi connectivity index (χ1n) is 4.74. The Kier molecular flexibility index (Phi) is 4.32. The van der Waals surface area contributed by atoms with E-state index in [4.69, 9.17) is 9.84 Å². The summed E-state index contributed by atoms with van der Waals surface area (Å²) in [6.45, 7) is 0.260. The van der Waals surface area contributed by atoms with Crippen LogP contribution in [0.3, 0.4) is 0 Å². The molecule has 1 aromatic rings. The Balaban J connectivity index is 2.54. The Labute approximate surface area is 93.0 Å². The highest BCUT2D eigenvalue weighted by Crippen LogP contribution is 2.16. The Bertz CT molecular complexity index is 389. The molecule has 0 aliphatic rings. The maximum atomic E-state index is 11.1. The molecular formula is C11H13NO4. The zero-order valence-electron chi connectivity index (χ0n) is 8.90. The number of methoxy groups -OCH3 is 1. The van der Waals surface area contributed by atoms with Crippen molar-refractivity contribution in [2.24, 2.45) is 0 Å². The molecule has 86 valence electrons. The molecule has 0 fully saturated rings. The summed E-state index contributed by atoms with van der Waals surface area (Å²) in [7, 11) is 1.54. The Morgan fingerprint density at radius 3 is 2.69 bits per heavy atom. The van der Waals surface area contributed by atoms with Gasteiger partial charge in [0.15, 0.2) is 0 Å². The van der Waals surface area contributed by atoms with Crippen molar-refractivity contribution in [3.63, 3.8) is 0 Å². The monoisotopic (exact) mass is 223 g/mol. The van der Waals surface area contributed by atoms with Crippen LogP contribution in [0, 0.1) is 0 Å². The number of carboxylic acids is 1. The molecule has 0 heterocycles. The summed E-state index contributed by atoms with van der Waals surface area (Å²) in [5.41, 5.74) is 0.809. The van der Waals surface area contributed by atoms with Crippen molar-refractivity contribution in [1.29, 1.82) is 0 Å². The van der Waals surface area contributed by atoms with Gasteiger partial charge in [-0.3, -0.25) is 9.59 Å². The standard InChI is InChI=1S/C11H13NO4/c1-16-9-5-3-2-4-8(9)7-12-10(13)6-11(14)15/h2-5H,6-7H2,1H3,(H,12,13)(H,14,15). The van der Waals surface area contributed by atoms with E-state index in [0.717, 1.165) is 5.56 Å². The first kappa shape index (κ1) is 12.0. The maximum Gasteiger partial charge on any atom is 0.312 e. The molecule has 0 radical (unpaired) electrons. The summed E-state index contributed by atoms with van der Waals surface area (Å²) in [5.74, 6) is -0.992. The molecule has 0 unspecified atom stereocenters. The van der Waals surface area contributed by atoms with Gasteiger partial charge in [-0.15, -0.1) is 0 Å². The summed E-state index contributed by atoms with van der Waals surface area (Å²) < 4.78 is 5.09. The van der Waals surface area contributed by atoms with Crippen LogP contribution in [0.2, 0.25) is 0 Å². The third kappa shape index (κ3) is 3.61. The number of carbonyl (C=O) groups is 2. The molecule has 0 atom stereocenters. The topological polar surface area (TPSA) is 75.6 Å². The van der Waals surface area contributed by atoms with Gasteiger partial charge in [-0.25, -0.2) is 0 Å². The van der Waals surface area contributed by atoms with E-state index >= 15 is 0 Å². The van der Waals surface area contributed by atoms with Gasteiger partial charge in [0.2, 0.25) is 5.91 Å². The minimum absolute atomic E-state index is 0.260. The highest BCUT2D eigenvalue weighted by molar-refractivity contribution is 5.93. The van der Waals surface area contributed by atoms with E-state index in [-0.39, 0.29) is 6.54 Å². The number of benzene rings is 1. The minimum Gasteiger partial charge on any atom is -0.496 e. The van der Waals surface area contributed by atoms with E-state index < -0.39 is 18.3 Å². The van der Waals surface area contributed by atoms with Crippen LogP contribution >= 0.6 is 0 Å². The van der Waals surface area contributed by atoms with Gasteiger partial charge in [0.25, 0.3) is 0 Å². The summed E-state index contributed by atoms with van der Waals surface area (Å²) in [4.78, 5) is 21.4. The Hall–Kier alpha value is -2.04. The number of amides is 1. The van der Waals surface area contributed by atoms with Gasteiger partial charge in [-0.05, 0) is 6.07 Å². The average molecular weight is 223 g/mol. The molecule has 2 N–H and O–H groups in total. The van der Waals surface area contributed by atoms with Crippen molar-refractivity contribution >= 4 is 11.9 Å². The van der Waals surface area contributed by atoms with Crippen molar-refractivity contribution in [2.75, 3.05) is 7.11 Å². The van der Waals surface area contributed by atoms with Crippen LogP contribution in [0.4, 0.5) is 0 Å². The van der Waals surface area contributed by atoms with E-state index in [9.17, 15) is 9.59 Å². The molecule has 1 amide bonds. The zero-order chi connectivity index (χ0) is 12.0. The van der Waals surface area contributed by atoms with Gasteiger partial charge in [0.1, 0.15) is 12.2 Å². The molecule has 0 saturated heterocycles. The van der Waals surface area contributed by atoms with Crippen molar-refractivity contribution in [2.45, 2.75) is 13.0 Å². The average Bonchev–Trinajstić information content (AvgIpc) is 2.26. The van der Waals surface area contributed by atoms with E-state index in [1.807, 2.05) is 12.1 Å². The van der Waals surface area contributed by atoms with Gasteiger partial charge in [-0.2, -0.15) is 0 Å². The molecule has 0 aromatic heterocycles. The lowest BCUT2D eigenvalue weighted by Crippen LogP contribution is -2.25. The quantitative estimate of drug-likeness (QED) is 0.723. The number of aliphatic carboxylic acids is 1. The number of carbonyl (C=O) groups excluding carboxylic acids is 1. The van der Waals surface area contributed by atoms with E-state index in [0.29, 0.717) is 5.75 Å². The fraction of sp³-hybridized carbons (Fsp3) is 0.273. The van der Waals surface area contributed by atoms with Crippen LogP contribution in [0.15, 0.2) is 24.3 Å². The highest BCUT2D eigenvalue weighted by Gasteiger charge is 2.08. The fourth-order valence-corrected chi connectivity index (χ4v) is 1.24. The number of nitrogens with one attached hydrogen (secondary N) is 1. The lowest BCUT2D eigenvalue weighted by atomic mass is 10.2. The highest BCUT2D eigenvalue weighted by atomic mass is 16.5. The predicted molar refractivity (Wildman–Crippen MR) is 57.1 cm³/mol. The van der Waals surface area contributed by atoms with E-state index in [2.05, 4.69) is 5.32 Å². The van der Waals surface area contributed by atoms with Crippen LogP contribution in [0.5, 0.6) is 5.75 Å². The predicted octanol–water partition coefficient (Wildman–Crippen LogP) is 0.786. The maximum absolute atomic E-state index is 11.1. The SMILES string of the molecule is COc1ccccc1CNC(=O)CC(=O)O. The summed E-state index contributed by atoms with van der Waals surface area (Å²) in [6.07, 6.45) is -0.519. The third-order valence-corrected chi connectivity index (χ3v) is 1.98. The number of hydrogen-bond donors (Lipinski definition) is 2. The molecule has 16 heavy (non-hydrogen) atoms. The smallest absolute Gasteiger partial charge is 0.312 e. The van der Waals surface area contributed by atoms with Crippen LogP contribution < -0.4 is 10.1 Å². The molecule has 5 nitrogen and oxygen atoms in total. The second-order valence-electron chi connectivity index (χ2n) is 3.16. The van der Waals surface area contributed by atoms with Crippen LogP contribution in [-0.2, 0) is 16.1 Å². The first-order chi connectivity index (χ1) is 7.63. The molecule has 1 aromatic carbocycles. The van der Waals surface area contributed by atoms with Gasteiger partial charge in [0.05, 0.1) is 7.11 Å². The van der Waals surface area contributed by atoms with Crippen LogP contribution in [0.1, 0.15) is 12.0 Å². The van der Waals surface area contributed by atoms with Crippen molar-refractivity contribution in [1.82, 2.24) is 5.32 Å². The lowest BCUT2D eigenvalue weighted by Gasteiger charge is -2.08. The second-order valence-corrected chi connectivity index (χ2v) is 3.16. The molecule has 0 bridgehead atoms. The molecule has 1 rings (SSSR count). The Morgan fingerprint density at radius 1 is 1.38 bits per heavy atom. The fourth-order valence-electron chi connectivity index (χ4n) is 1.24. The second kappa shape index (κ2) is 5.75. The third-order valence-electron chi connectivity index (χ3n) is 1.98. The largest absolute Gasteiger partial charge is 0.496 e. The van der Waals surface area contributed by atoms with Crippen LogP contribution in [-0.4, -0.2) is 24.1 Å². The number of rotatable bonds is 5. The van der Waals surface area contributed by atoms with Crippen LogP contribution in [0.25, 0.3) is 0 Å². The van der Waals surface area contributed by atoms with Gasteiger partial charge >= 0.3 is 5.97 Å². The molecule has 0 saturated carbocycles. The first-order valence-corrected chi connectivity index (χ1v) is 4.74. The van der Waals surface area contributed by atoms with Gasteiger partial charge in [0, 0.05) is 12.1 Å². The Morgan fingerprint density at radius 2 is 2.06 bits per heavy atom. The van der Waals surface area contributed by atoms with Gasteiger partial charge in [-0.1, -0.05) is 18.2 Å². The van der Waals surface area contributed by atoms with Gasteiger partial charge < -0.3 is 15.2 Å². The molecule has 0 aliphatic heterocycles. The normalized spacial score (nSPS) is 9.56. The number of hydrogen-bond acceptors (Lipinski definition) is 3. The van der Waals surface area contributed by atoms with E-state index in [1.54, 1.807) is 12.1 Å². The summed E-state index contributed by atoms with van der Waals surface area (Å²) in [6, 6.07) is 7.22.